The van der Waals surface area contributed by atoms with Gasteiger partial charge in [-0.15, -0.1) is 0 Å². The molecule has 0 fully saturated rings. The van der Waals surface area contributed by atoms with Gasteiger partial charge in [-0.25, -0.2) is 9.18 Å². The fraction of sp³-hybridized carbons (Fsp3) is 0.217. The predicted octanol–water partition coefficient (Wildman–Crippen LogP) is 2.60. The standard InChI is InChI=1S/C23H22FN3O5/c1-2-11-25-18-19(21(29)20(18)28)27-17(23(31)32)12-13-7-9-14(10-8-13)26-22(30)15-5-3-4-6-16(15)24/h3-10,17,25,27H,2,11-12H2,1H3,(H,26,30)(H,31,32)/t17-/m0/s1. The van der Waals surface area contributed by atoms with E-state index in [9.17, 15) is 28.7 Å². The average Bonchev–Trinajstić information content (AvgIpc) is 2.78. The number of carboxylic acids is 1. The van der Waals surface area contributed by atoms with Crippen molar-refractivity contribution in [1.29, 1.82) is 0 Å². The highest BCUT2D eigenvalue weighted by atomic mass is 19.1. The molecule has 4 N–H and O–H groups in total. The number of halogens is 1. The van der Waals surface area contributed by atoms with Gasteiger partial charge in [-0.3, -0.25) is 14.4 Å². The van der Waals surface area contributed by atoms with Crippen molar-refractivity contribution >= 4 is 28.9 Å². The average molecular weight is 439 g/mol. The van der Waals surface area contributed by atoms with E-state index >= 15 is 0 Å². The first kappa shape index (κ1) is 22.7. The Morgan fingerprint density at radius 3 is 2.28 bits per heavy atom. The summed E-state index contributed by atoms with van der Waals surface area (Å²) in [5, 5.41) is 17.6. The molecular formula is C23H22FN3O5. The van der Waals surface area contributed by atoms with E-state index in [1.807, 2.05) is 6.92 Å². The summed E-state index contributed by atoms with van der Waals surface area (Å²) in [5.41, 5.74) is -0.391. The van der Waals surface area contributed by atoms with Gasteiger partial charge in [0, 0.05) is 18.7 Å². The normalized spacial score (nSPS) is 11.7. The van der Waals surface area contributed by atoms with E-state index in [1.54, 1.807) is 30.3 Å². The van der Waals surface area contributed by atoms with Crippen LogP contribution in [0.2, 0.25) is 0 Å². The molecule has 32 heavy (non-hydrogen) atoms. The van der Waals surface area contributed by atoms with Crippen molar-refractivity contribution in [2.45, 2.75) is 25.8 Å². The second-order valence-electron chi connectivity index (χ2n) is 7.21. The number of hydrogen-bond donors (Lipinski definition) is 4. The molecule has 0 saturated heterocycles. The quantitative estimate of drug-likeness (QED) is 0.358. The van der Waals surface area contributed by atoms with Gasteiger partial charge < -0.3 is 21.1 Å². The van der Waals surface area contributed by atoms with Gasteiger partial charge in [-0.2, -0.15) is 0 Å². The summed E-state index contributed by atoms with van der Waals surface area (Å²) in [5.74, 6) is -2.42. The molecule has 0 aliphatic heterocycles. The first-order chi connectivity index (χ1) is 15.3. The predicted molar refractivity (Wildman–Crippen MR) is 120 cm³/mol. The van der Waals surface area contributed by atoms with Gasteiger partial charge in [0.1, 0.15) is 23.2 Å². The lowest BCUT2D eigenvalue weighted by Gasteiger charge is -2.20. The van der Waals surface area contributed by atoms with E-state index in [-0.39, 0.29) is 23.4 Å². The van der Waals surface area contributed by atoms with Crippen molar-refractivity contribution in [3.8, 4) is 0 Å². The summed E-state index contributed by atoms with van der Waals surface area (Å²) in [6.07, 6.45) is 0.767. The molecule has 0 aliphatic carbocycles. The number of carbonyl (C=O) groups is 2. The van der Waals surface area contributed by atoms with Gasteiger partial charge in [0.2, 0.25) is 0 Å². The van der Waals surface area contributed by atoms with Crippen molar-refractivity contribution in [3.05, 3.63) is 85.9 Å². The van der Waals surface area contributed by atoms with Crippen LogP contribution in [0.4, 0.5) is 21.5 Å². The number of anilines is 3. The van der Waals surface area contributed by atoms with Gasteiger partial charge >= 0.3 is 5.97 Å². The number of hydrogen-bond acceptors (Lipinski definition) is 6. The minimum absolute atomic E-state index is 0.0235. The van der Waals surface area contributed by atoms with Gasteiger partial charge in [0.15, 0.2) is 0 Å². The molecule has 0 spiro atoms. The third-order valence-corrected chi connectivity index (χ3v) is 4.85. The third-order valence-electron chi connectivity index (χ3n) is 4.85. The van der Waals surface area contributed by atoms with Crippen LogP contribution in [0.15, 0.2) is 58.1 Å². The summed E-state index contributed by atoms with van der Waals surface area (Å²) >= 11 is 0. The molecule has 0 radical (unpaired) electrons. The molecule has 0 bridgehead atoms. The lowest BCUT2D eigenvalue weighted by Crippen LogP contribution is -2.42. The van der Waals surface area contributed by atoms with Gasteiger partial charge in [-0.05, 0) is 36.2 Å². The second kappa shape index (κ2) is 9.86. The highest BCUT2D eigenvalue weighted by molar-refractivity contribution is 6.04. The second-order valence-corrected chi connectivity index (χ2v) is 7.21. The number of carbonyl (C=O) groups excluding carboxylic acids is 1. The SMILES string of the molecule is CCCNc1c(N[C@@H](Cc2ccc(NC(=O)c3ccccc3F)cc2)C(=O)O)c(=O)c1=O. The number of aliphatic carboxylic acids is 1. The Hall–Kier alpha value is -4.01. The lowest BCUT2D eigenvalue weighted by molar-refractivity contribution is -0.137. The molecule has 3 aromatic rings. The molecule has 1 amide bonds. The van der Waals surface area contributed by atoms with E-state index in [4.69, 9.17) is 0 Å². The summed E-state index contributed by atoms with van der Waals surface area (Å²) < 4.78 is 13.7. The van der Waals surface area contributed by atoms with E-state index < -0.39 is 34.6 Å². The minimum Gasteiger partial charge on any atom is -0.480 e. The topological polar surface area (TPSA) is 125 Å². The van der Waals surface area contributed by atoms with Crippen molar-refractivity contribution in [2.24, 2.45) is 0 Å². The Morgan fingerprint density at radius 2 is 1.66 bits per heavy atom. The molecule has 0 heterocycles. The molecule has 8 nitrogen and oxygen atoms in total. The van der Waals surface area contributed by atoms with Crippen molar-refractivity contribution in [2.75, 3.05) is 22.5 Å². The molecule has 9 heteroatoms. The van der Waals surface area contributed by atoms with E-state index in [0.717, 1.165) is 6.42 Å². The fourth-order valence-electron chi connectivity index (χ4n) is 3.13. The van der Waals surface area contributed by atoms with Crippen molar-refractivity contribution < 1.29 is 19.1 Å². The van der Waals surface area contributed by atoms with E-state index in [1.165, 1.54) is 18.2 Å². The number of rotatable bonds is 10. The first-order valence-electron chi connectivity index (χ1n) is 10.0. The van der Waals surface area contributed by atoms with Crippen LogP contribution in [0.5, 0.6) is 0 Å². The molecule has 3 rings (SSSR count). The highest BCUT2D eigenvalue weighted by Gasteiger charge is 2.26. The molecule has 3 aromatic carbocycles. The molecular weight excluding hydrogens is 417 g/mol. The summed E-state index contributed by atoms with van der Waals surface area (Å²) in [7, 11) is 0. The monoisotopic (exact) mass is 439 g/mol. The number of carboxylic acid groups (broad SMARTS) is 1. The molecule has 0 saturated carbocycles. The Balaban J connectivity index is 1.68. The Bertz CT molecular complexity index is 1200. The van der Waals surface area contributed by atoms with Crippen LogP contribution >= 0.6 is 0 Å². The van der Waals surface area contributed by atoms with Gasteiger partial charge in [-0.1, -0.05) is 31.2 Å². The zero-order valence-electron chi connectivity index (χ0n) is 17.3. The Kier molecular flexibility index (Phi) is 6.99. The number of benzene rings is 2. The van der Waals surface area contributed by atoms with Gasteiger partial charge in [0.05, 0.1) is 5.56 Å². The van der Waals surface area contributed by atoms with Crippen LogP contribution in [0.25, 0.3) is 0 Å². The van der Waals surface area contributed by atoms with Crippen molar-refractivity contribution in [3.63, 3.8) is 0 Å². The van der Waals surface area contributed by atoms with Gasteiger partial charge in [0.25, 0.3) is 16.8 Å². The molecule has 1 atom stereocenters. The van der Waals surface area contributed by atoms with Crippen LogP contribution in [-0.4, -0.2) is 29.6 Å². The third kappa shape index (κ3) is 5.00. The maximum atomic E-state index is 13.7. The van der Waals surface area contributed by atoms with Crippen LogP contribution in [-0.2, 0) is 11.2 Å². The maximum Gasteiger partial charge on any atom is 0.326 e. The molecule has 0 aromatic heterocycles. The smallest absolute Gasteiger partial charge is 0.326 e. The highest BCUT2D eigenvalue weighted by Crippen LogP contribution is 2.19. The van der Waals surface area contributed by atoms with Crippen LogP contribution in [0, 0.1) is 5.82 Å². The zero-order valence-corrected chi connectivity index (χ0v) is 17.3. The Labute approximate surface area is 182 Å². The number of nitrogens with one attached hydrogen (secondary N) is 3. The summed E-state index contributed by atoms with van der Waals surface area (Å²) in [6.45, 7) is 2.38. The van der Waals surface area contributed by atoms with Crippen LogP contribution < -0.4 is 26.8 Å². The largest absolute Gasteiger partial charge is 0.480 e. The summed E-state index contributed by atoms with van der Waals surface area (Å²) in [4.78, 5) is 47.5. The zero-order chi connectivity index (χ0) is 23.3. The number of amides is 1. The van der Waals surface area contributed by atoms with Crippen LogP contribution in [0.1, 0.15) is 29.3 Å². The van der Waals surface area contributed by atoms with Crippen LogP contribution in [0.3, 0.4) is 0 Å². The minimum atomic E-state index is -1.18. The maximum absolute atomic E-state index is 13.7. The molecule has 0 aliphatic rings. The fourth-order valence-corrected chi connectivity index (χ4v) is 3.13. The lowest BCUT2D eigenvalue weighted by atomic mass is 10.0. The first-order valence-corrected chi connectivity index (χ1v) is 10.0. The molecule has 0 unspecified atom stereocenters. The van der Waals surface area contributed by atoms with Crippen molar-refractivity contribution in [1.82, 2.24) is 0 Å². The Morgan fingerprint density at radius 1 is 1.00 bits per heavy atom. The van der Waals surface area contributed by atoms with E-state index in [2.05, 4.69) is 16.0 Å². The molecule has 166 valence electrons. The summed E-state index contributed by atoms with van der Waals surface area (Å²) in [6, 6.07) is 10.8. The van der Waals surface area contributed by atoms with E-state index in [0.29, 0.717) is 17.8 Å².